The molecule has 0 atom stereocenters. The van der Waals surface area contributed by atoms with E-state index >= 15 is 0 Å². The van der Waals surface area contributed by atoms with Gasteiger partial charge < -0.3 is 5.43 Å². The summed E-state index contributed by atoms with van der Waals surface area (Å²) in [6, 6.07) is 8.46. The summed E-state index contributed by atoms with van der Waals surface area (Å²) in [4.78, 5) is 4.10. The first-order valence-electron chi connectivity index (χ1n) is 4.59. The van der Waals surface area contributed by atoms with Gasteiger partial charge in [0.1, 0.15) is 5.82 Å². The van der Waals surface area contributed by atoms with Gasteiger partial charge in [-0.1, -0.05) is 6.07 Å². The monoisotopic (exact) mass is 281 g/mol. The number of pyridine rings is 1. The average Bonchev–Trinajstić information content (AvgIpc) is 2.33. The van der Waals surface area contributed by atoms with Gasteiger partial charge in [0.15, 0.2) is 0 Å². The summed E-state index contributed by atoms with van der Waals surface area (Å²) in [5.74, 6) is 4.95. The number of hydrogen-bond acceptors (Lipinski definition) is 3. The molecule has 0 aliphatic rings. The van der Waals surface area contributed by atoms with E-state index in [-0.39, 0.29) is 5.82 Å². The Kier molecular flexibility index (Phi) is 3.17. The molecule has 0 bridgehead atoms. The molecule has 3 nitrogen and oxygen atoms in total. The number of nitrogens with one attached hydrogen (secondary N) is 1. The van der Waals surface area contributed by atoms with Crippen molar-refractivity contribution in [1.29, 1.82) is 0 Å². The lowest BCUT2D eigenvalue weighted by Gasteiger charge is -2.06. The Hall–Kier alpha value is -1.46. The van der Waals surface area contributed by atoms with Gasteiger partial charge in [0.05, 0.1) is 15.9 Å². The van der Waals surface area contributed by atoms with Crippen LogP contribution >= 0.6 is 15.9 Å². The van der Waals surface area contributed by atoms with E-state index in [0.29, 0.717) is 21.4 Å². The van der Waals surface area contributed by atoms with Gasteiger partial charge in [-0.2, -0.15) is 0 Å². The van der Waals surface area contributed by atoms with Crippen LogP contribution in [0.15, 0.2) is 41.0 Å². The number of hydrogen-bond donors (Lipinski definition) is 2. The average molecular weight is 282 g/mol. The van der Waals surface area contributed by atoms with E-state index in [1.807, 2.05) is 0 Å². The number of nitrogen functional groups attached to an aromatic ring is 1. The number of halogens is 2. The fourth-order valence-corrected chi connectivity index (χ4v) is 1.74. The molecule has 1 heterocycles. The quantitative estimate of drug-likeness (QED) is 0.657. The number of anilines is 1. The highest BCUT2D eigenvalue weighted by Gasteiger charge is 2.09. The van der Waals surface area contributed by atoms with Crippen molar-refractivity contribution in [2.75, 3.05) is 5.43 Å². The second-order valence-corrected chi connectivity index (χ2v) is 4.03. The minimum absolute atomic E-state index is 0.329. The highest BCUT2D eigenvalue weighted by atomic mass is 79.9. The maximum absolute atomic E-state index is 13.8. The van der Waals surface area contributed by atoms with Crippen molar-refractivity contribution in [2.24, 2.45) is 5.84 Å². The van der Waals surface area contributed by atoms with Gasteiger partial charge in [-0.25, -0.2) is 4.39 Å². The Balaban J connectivity index is 2.54. The lowest BCUT2D eigenvalue weighted by atomic mass is 10.1. The molecular formula is C11H9BrFN3. The van der Waals surface area contributed by atoms with Crippen molar-refractivity contribution in [3.63, 3.8) is 0 Å². The topological polar surface area (TPSA) is 50.9 Å². The molecule has 2 aromatic rings. The number of rotatable bonds is 2. The number of benzene rings is 1. The zero-order valence-corrected chi connectivity index (χ0v) is 9.83. The van der Waals surface area contributed by atoms with Crippen molar-refractivity contribution >= 4 is 21.6 Å². The molecule has 0 aliphatic heterocycles. The number of nitrogens with zero attached hydrogens (tertiary/aromatic N) is 1. The Morgan fingerprint density at radius 1 is 1.31 bits per heavy atom. The highest BCUT2D eigenvalue weighted by molar-refractivity contribution is 9.10. The Morgan fingerprint density at radius 2 is 2.12 bits per heavy atom. The fourth-order valence-electron chi connectivity index (χ4n) is 1.37. The van der Waals surface area contributed by atoms with Crippen LogP contribution < -0.4 is 11.3 Å². The van der Waals surface area contributed by atoms with Crippen molar-refractivity contribution in [3.8, 4) is 11.3 Å². The van der Waals surface area contributed by atoms with Crippen LogP contribution in [0, 0.1) is 5.82 Å². The van der Waals surface area contributed by atoms with Crippen molar-refractivity contribution < 1.29 is 4.39 Å². The molecule has 0 radical (unpaired) electrons. The predicted octanol–water partition coefficient (Wildman–Crippen LogP) is 2.94. The minimum Gasteiger partial charge on any atom is -0.324 e. The molecule has 2 rings (SSSR count). The Morgan fingerprint density at radius 3 is 2.88 bits per heavy atom. The predicted molar refractivity (Wildman–Crippen MR) is 65.1 cm³/mol. The van der Waals surface area contributed by atoms with Crippen LogP contribution in [0.2, 0.25) is 0 Å². The first-order valence-corrected chi connectivity index (χ1v) is 5.38. The van der Waals surface area contributed by atoms with Gasteiger partial charge in [0, 0.05) is 11.8 Å². The molecule has 1 aromatic carbocycles. The van der Waals surface area contributed by atoms with E-state index in [4.69, 9.17) is 5.84 Å². The fraction of sp³-hybridized carbons (Fsp3) is 0. The summed E-state index contributed by atoms with van der Waals surface area (Å²) in [6.45, 7) is 0. The molecule has 0 unspecified atom stereocenters. The van der Waals surface area contributed by atoms with E-state index in [1.165, 1.54) is 0 Å². The van der Waals surface area contributed by atoms with Gasteiger partial charge in [-0.05, 0) is 40.2 Å². The summed E-state index contributed by atoms with van der Waals surface area (Å²) >= 11 is 3.14. The standard InChI is InChI=1S/C11H9BrFN3/c12-9-3-1-2-8(11(9)13)10-6-7(16-14)4-5-15-10/h1-6H,14H2,(H,15,16). The smallest absolute Gasteiger partial charge is 0.146 e. The van der Waals surface area contributed by atoms with E-state index in [0.717, 1.165) is 0 Å². The van der Waals surface area contributed by atoms with Crippen LogP contribution in [0.4, 0.5) is 10.1 Å². The van der Waals surface area contributed by atoms with Crippen LogP contribution in [0.5, 0.6) is 0 Å². The molecule has 5 heteroatoms. The van der Waals surface area contributed by atoms with Crippen LogP contribution in [0.1, 0.15) is 0 Å². The highest BCUT2D eigenvalue weighted by Crippen LogP contribution is 2.27. The summed E-state index contributed by atoms with van der Waals surface area (Å²) in [6.07, 6.45) is 1.57. The zero-order chi connectivity index (χ0) is 11.5. The SMILES string of the molecule is NNc1ccnc(-c2cccc(Br)c2F)c1. The molecular weight excluding hydrogens is 273 g/mol. The molecule has 0 saturated heterocycles. The summed E-state index contributed by atoms with van der Waals surface area (Å²) in [7, 11) is 0. The first kappa shape index (κ1) is 11.0. The van der Waals surface area contributed by atoms with Crippen molar-refractivity contribution in [3.05, 3.63) is 46.8 Å². The van der Waals surface area contributed by atoms with E-state index in [1.54, 1.807) is 36.5 Å². The summed E-state index contributed by atoms with van der Waals surface area (Å²) in [5.41, 5.74) is 4.15. The molecule has 0 saturated carbocycles. The number of hydrazine groups is 1. The van der Waals surface area contributed by atoms with Crippen LogP contribution in [-0.2, 0) is 0 Å². The van der Waals surface area contributed by atoms with Crippen LogP contribution in [0.3, 0.4) is 0 Å². The normalized spacial score (nSPS) is 10.2. The second kappa shape index (κ2) is 4.59. The zero-order valence-electron chi connectivity index (χ0n) is 8.24. The van der Waals surface area contributed by atoms with Gasteiger partial charge in [0.2, 0.25) is 0 Å². The molecule has 0 spiro atoms. The second-order valence-electron chi connectivity index (χ2n) is 3.18. The maximum atomic E-state index is 13.8. The molecule has 0 amide bonds. The number of aromatic nitrogens is 1. The first-order chi connectivity index (χ1) is 7.72. The molecule has 82 valence electrons. The van der Waals surface area contributed by atoms with Gasteiger partial charge in [-0.3, -0.25) is 10.8 Å². The van der Waals surface area contributed by atoms with Crippen molar-refractivity contribution in [1.82, 2.24) is 4.98 Å². The molecule has 0 aliphatic carbocycles. The molecule has 0 fully saturated rings. The van der Waals surface area contributed by atoms with Crippen LogP contribution in [-0.4, -0.2) is 4.98 Å². The third-order valence-electron chi connectivity index (χ3n) is 2.15. The third-order valence-corrected chi connectivity index (χ3v) is 2.77. The Bertz CT molecular complexity index is 516. The van der Waals surface area contributed by atoms with Gasteiger partial charge >= 0.3 is 0 Å². The summed E-state index contributed by atoms with van der Waals surface area (Å²) < 4.78 is 14.2. The van der Waals surface area contributed by atoms with E-state index in [2.05, 4.69) is 26.3 Å². The minimum atomic E-state index is -0.329. The van der Waals surface area contributed by atoms with E-state index < -0.39 is 0 Å². The lowest BCUT2D eigenvalue weighted by Crippen LogP contribution is -2.06. The lowest BCUT2D eigenvalue weighted by molar-refractivity contribution is 0.624. The molecule has 16 heavy (non-hydrogen) atoms. The van der Waals surface area contributed by atoms with Crippen molar-refractivity contribution in [2.45, 2.75) is 0 Å². The summed E-state index contributed by atoms with van der Waals surface area (Å²) in [5, 5.41) is 0. The van der Waals surface area contributed by atoms with Gasteiger partial charge in [0.25, 0.3) is 0 Å². The molecule has 1 aromatic heterocycles. The third kappa shape index (κ3) is 2.05. The molecule has 3 N–H and O–H groups in total. The van der Waals surface area contributed by atoms with Gasteiger partial charge in [-0.15, -0.1) is 0 Å². The Labute approximate surface area is 101 Å². The number of nitrogens with two attached hydrogens (primary N) is 1. The van der Waals surface area contributed by atoms with E-state index in [9.17, 15) is 4.39 Å². The largest absolute Gasteiger partial charge is 0.324 e. The maximum Gasteiger partial charge on any atom is 0.146 e. The van der Waals surface area contributed by atoms with Crippen LogP contribution in [0.25, 0.3) is 11.3 Å².